The van der Waals surface area contributed by atoms with Gasteiger partial charge in [0.25, 0.3) is 0 Å². The summed E-state index contributed by atoms with van der Waals surface area (Å²) < 4.78 is 30.7. The lowest BCUT2D eigenvalue weighted by Gasteiger charge is -2.10. The lowest BCUT2D eigenvalue weighted by molar-refractivity contribution is 0.127. The van der Waals surface area contributed by atoms with Crippen LogP contribution in [0.3, 0.4) is 0 Å². The number of nitrogens with one attached hydrogen (secondary N) is 1. The third kappa shape index (κ3) is 5.41. The molecule has 1 heterocycles. The van der Waals surface area contributed by atoms with Crippen molar-refractivity contribution in [3.8, 4) is 0 Å². The second-order valence-corrected chi connectivity index (χ2v) is 5.90. The summed E-state index contributed by atoms with van der Waals surface area (Å²) in [6.45, 7) is 0.928. The van der Waals surface area contributed by atoms with Crippen molar-refractivity contribution in [2.45, 2.75) is 25.4 Å². The Hall–Kier alpha value is -0.240. The second-order valence-electron chi connectivity index (χ2n) is 3.53. The average molecular weight is 252 g/mol. The second kappa shape index (κ2) is 5.74. The molecule has 0 aromatic heterocycles. The van der Waals surface area contributed by atoms with Crippen molar-refractivity contribution in [2.75, 3.05) is 18.9 Å². The normalized spacial score (nSPS) is 21.7. The van der Waals surface area contributed by atoms with E-state index < -0.39 is 10.0 Å². The van der Waals surface area contributed by atoms with Crippen LogP contribution in [0.4, 0.5) is 0 Å². The Labute approximate surface area is 95.4 Å². The number of sulfonamides is 1. The maximum Gasteiger partial charge on any atom is 0.214 e. The van der Waals surface area contributed by atoms with Gasteiger partial charge < -0.3 is 10.5 Å². The molecule has 1 aliphatic rings. The van der Waals surface area contributed by atoms with Gasteiger partial charge in [0.1, 0.15) is 0 Å². The molecule has 0 amide bonds. The molecule has 0 bridgehead atoms. The topological polar surface area (TPSA) is 81.4 Å². The van der Waals surface area contributed by atoms with Crippen molar-refractivity contribution in [3.63, 3.8) is 0 Å². The Kier molecular flexibility index (Phi) is 4.91. The van der Waals surface area contributed by atoms with E-state index in [1.807, 2.05) is 0 Å². The van der Waals surface area contributed by atoms with E-state index in [2.05, 4.69) is 16.9 Å². The average Bonchev–Trinajstić information content (AvgIpc) is 2.54. The van der Waals surface area contributed by atoms with Crippen LogP contribution in [-0.4, -0.2) is 38.4 Å². The molecular formula is C8H16N2O3S2. The van der Waals surface area contributed by atoms with E-state index >= 15 is 0 Å². The maximum atomic E-state index is 11.5. The minimum absolute atomic E-state index is 0.0321. The van der Waals surface area contributed by atoms with E-state index in [9.17, 15) is 8.42 Å². The molecular weight excluding hydrogens is 236 g/mol. The molecule has 88 valence electrons. The summed E-state index contributed by atoms with van der Waals surface area (Å²) in [5.74, 6) is 0.0321. The van der Waals surface area contributed by atoms with Gasteiger partial charge in [0, 0.05) is 19.6 Å². The summed E-state index contributed by atoms with van der Waals surface area (Å²) in [6.07, 6.45) is 1.98. The Morgan fingerprint density at radius 1 is 1.60 bits per heavy atom. The van der Waals surface area contributed by atoms with Gasteiger partial charge in [-0.15, -0.1) is 0 Å². The first kappa shape index (κ1) is 12.8. The zero-order valence-electron chi connectivity index (χ0n) is 8.44. The van der Waals surface area contributed by atoms with Gasteiger partial charge in [-0.05, 0) is 12.8 Å². The first-order valence-corrected chi connectivity index (χ1v) is 6.93. The molecule has 1 fully saturated rings. The highest BCUT2D eigenvalue weighted by Crippen LogP contribution is 2.13. The predicted molar refractivity (Wildman–Crippen MR) is 62.2 cm³/mol. The molecule has 1 rings (SSSR count). The molecule has 7 heteroatoms. The molecule has 0 aromatic carbocycles. The Balaban J connectivity index is 2.28. The highest BCUT2D eigenvalue weighted by atomic mass is 32.2. The molecule has 0 aromatic rings. The molecule has 15 heavy (non-hydrogen) atoms. The van der Waals surface area contributed by atoms with Crippen molar-refractivity contribution >= 4 is 27.2 Å². The SMILES string of the molecule is NC(=S)CCNS(=O)(=O)CC1CCCO1. The summed E-state index contributed by atoms with van der Waals surface area (Å²) in [4.78, 5) is 0.315. The first-order chi connectivity index (χ1) is 6.99. The summed E-state index contributed by atoms with van der Waals surface area (Å²) >= 11 is 4.65. The minimum Gasteiger partial charge on any atom is -0.393 e. The van der Waals surface area contributed by atoms with E-state index in [4.69, 9.17) is 10.5 Å². The van der Waals surface area contributed by atoms with Crippen LogP contribution in [0.15, 0.2) is 0 Å². The molecule has 1 aliphatic heterocycles. The van der Waals surface area contributed by atoms with E-state index in [0.29, 0.717) is 18.0 Å². The van der Waals surface area contributed by atoms with Gasteiger partial charge in [-0.1, -0.05) is 12.2 Å². The van der Waals surface area contributed by atoms with Gasteiger partial charge in [0.05, 0.1) is 16.8 Å². The van der Waals surface area contributed by atoms with Crippen LogP contribution in [0.5, 0.6) is 0 Å². The molecule has 5 nitrogen and oxygen atoms in total. The van der Waals surface area contributed by atoms with Gasteiger partial charge in [0.2, 0.25) is 10.0 Å². The maximum absolute atomic E-state index is 11.5. The van der Waals surface area contributed by atoms with Crippen LogP contribution in [0.2, 0.25) is 0 Å². The van der Waals surface area contributed by atoms with Crippen LogP contribution in [0.1, 0.15) is 19.3 Å². The molecule has 1 unspecified atom stereocenters. The lowest BCUT2D eigenvalue weighted by Crippen LogP contribution is -2.33. The largest absolute Gasteiger partial charge is 0.393 e. The van der Waals surface area contributed by atoms with Crippen LogP contribution >= 0.6 is 12.2 Å². The Morgan fingerprint density at radius 2 is 2.33 bits per heavy atom. The zero-order chi connectivity index (χ0) is 11.3. The molecule has 0 spiro atoms. The zero-order valence-corrected chi connectivity index (χ0v) is 10.1. The number of thiocarbonyl (C=S) groups is 1. The molecule has 1 atom stereocenters. The van der Waals surface area contributed by atoms with E-state index in [1.54, 1.807) is 0 Å². The van der Waals surface area contributed by atoms with Gasteiger partial charge in [-0.25, -0.2) is 13.1 Å². The summed E-state index contributed by atoms with van der Waals surface area (Å²) in [5.41, 5.74) is 5.26. The van der Waals surface area contributed by atoms with Gasteiger partial charge in [-0.3, -0.25) is 0 Å². The smallest absolute Gasteiger partial charge is 0.214 e. The van der Waals surface area contributed by atoms with Crippen LogP contribution in [0, 0.1) is 0 Å². The Morgan fingerprint density at radius 3 is 2.87 bits per heavy atom. The van der Waals surface area contributed by atoms with Crippen LogP contribution in [-0.2, 0) is 14.8 Å². The predicted octanol–water partition coefficient (Wildman–Crippen LogP) is -0.239. The highest BCUT2D eigenvalue weighted by Gasteiger charge is 2.22. The van der Waals surface area contributed by atoms with Crippen molar-refractivity contribution in [1.82, 2.24) is 4.72 Å². The number of hydrogen-bond donors (Lipinski definition) is 2. The van der Waals surface area contributed by atoms with Crippen molar-refractivity contribution < 1.29 is 13.2 Å². The van der Waals surface area contributed by atoms with Crippen molar-refractivity contribution in [2.24, 2.45) is 5.73 Å². The third-order valence-electron chi connectivity index (χ3n) is 2.12. The first-order valence-electron chi connectivity index (χ1n) is 4.87. The Bertz CT molecular complexity index is 310. The molecule has 0 saturated carbocycles. The number of nitrogens with two attached hydrogens (primary N) is 1. The van der Waals surface area contributed by atoms with Crippen LogP contribution in [0.25, 0.3) is 0 Å². The number of ether oxygens (including phenoxy) is 1. The number of rotatable bonds is 6. The summed E-state index contributed by atoms with van der Waals surface area (Å²) in [6, 6.07) is 0. The minimum atomic E-state index is -3.25. The van der Waals surface area contributed by atoms with Gasteiger partial charge >= 0.3 is 0 Å². The molecule has 0 radical (unpaired) electrons. The van der Waals surface area contributed by atoms with E-state index in [-0.39, 0.29) is 18.4 Å². The summed E-state index contributed by atoms with van der Waals surface area (Å²) in [5, 5.41) is 0. The monoisotopic (exact) mass is 252 g/mol. The quantitative estimate of drug-likeness (QED) is 0.638. The number of hydrogen-bond acceptors (Lipinski definition) is 4. The van der Waals surface area contributed by atoms with Gasteiger partial charge in [-0.2, -0.15) is 0 Å². The fourth-order valence-electron chi connectivity index (χ4n) is 1.41. The third-order valence-corrected chi connectivity index (χ3v) is 3.78. The van der Waals surface area contributed by atoms with Crippen molar-refractivity contribution in [3.05, 3.63) is 0 Å². The highest BCUT2D eigenvalue weighted by molar-refractivity contribution is 7.89. The van der Waals surface area contributed by atoms with Crippen molar-refractivity contribution in [1.29, 1.82) is 0 Å². The van der Waals surface area contributed by atoms with Gasteiger partial charge in [0.15, 0.2) is 0 Å². The van der Waals surface area contributed by atoms with Crippen LogP contribution < -0.4 is 10.5 Å². The summed E-state index contributed by atoms with van der Waals surface area (Å²) in [7, 11) is -3.25. The van der Waals surface area contributed by atoms with E-state index in [0.717, 1.165) is 12.8 Å². The lowest BCUT2D eigenvalue weighted by atomic mass is 10.3. The molecule has 3 N–H and O–H groups in total. The fourth-order valence-corrected chi connectivity index (χ4v) is 2.79. The molecule has 0 aliphatic carbocycles. The molecule has 1 saturated heterocycles. The van der Waals surface area contributed by atoms with E-state index in [1.165, 1.54) is 0 Å². The fraction of sp³-hybridized carbons (Fsp3) is 0.875. The standard InChI is InChI=1S/C8H16N2O3S2/c9-8(14)3-4-10-15(11,12)6-7-2-1-5-13-7/h7,10H,1-6H2,(H2,9,14).